The standard InChI is InChI=1S/C14H19BrF3N/c1-4-19(9-10(2)3)13-6-5-11(8-15)7-12(13)14(16,17)18/h5-7,10H,4,8-9H2,1-3H3. The van der Waals surface area contributed by atoms with Crippen LogP contribution in [0, 0.1) is 5.92 Å². The third-order valence-electron chi connectivity index (χ3n) is 2.83. The zero-order valence-electron chi connectivity index (χ0n) is 11.4. The highest BCUT2D eigenvalue weighted by Gasteiger charge is 2.35. The molecule has 0 radical (unpaired) electrons. The van der Waals surface area contributed by atoms with E-state index in [1.807, 2.05) is 20.8 Å². The van der Waals surface area contributed by atoms with Gasteiger partial charge in [0.2, 0.25) is 0 Å². The van der Waals surface area contributed by atoms with E-state index < -0.39 is 11.7 Å². The SMILES string of the molecule is CCN(CC(C)C)c1ccc(CBr)cc1C(F)(F)F. The van der Waals surface area contributed by atoms with E-state index in [0.29, 0.717) is 29.9 Å². The van der Waals surface area contributed by atoms with Crippen LogP contribution in [0.2, 0.25) is 0 Å². The van der Waals surface area contributed by atoms with E-state index in [4.69, 9.17) is 0 Å². The molecule has 0 aromatic heterocycles. The van der Waals surface area contributed by atoms with E-state index in [1.165, 1.54) is 6.07 Å². The molecule has 5 heteroatoms. The van der Waals surface area contributed by atoms with Crippen molar-refractivity contribution in [1.82, 2.24) is 0 Å². The number of rotatable bonds is 5. The first-order valence-corrected chi connectivity index (χ1v) is 7.42. The molecule has 0 fully saturated rings. The summed E-state index contributed by atoms with van der Waals surface area (Å²) in [4.78, 5) is 1.78. The molecule has 108 valence electrons. The quantitative estimate of drug-likeness (QED) is 0.677. The largest absolute Gasteiger partial charge is 0.418 e. The van der Waals surface area contributed by atoms with Crippen LogP contribution in [0.3, 0.4) is 0 Å². The lowest BCUT2D eigenvalue weighted by molar-refractivity contribution is -0.137. The maximum absolute atomic E-state index is 13.2. The normalized spacial score (nSPS) is 12.0. The number of alkyl halides is 4. The van der Waals surface area contributed by atoms with Gasteiger partial charge < -0.3 is 4.90 Å². The Labute approximate surface area is 120 Å². The molecule has 0 aliphatic heterocycles. The second-order valence-electron chi connectivity index (χ2n) is 4.92. The van der Waals surface area contributed by atoms with E-state index in [0.717, 1.165) is 0 Å². The molecule has 0 aliphatic rings. The van der Waals surface area contributed by atoms with Gasteiger partial charge in [-0.2, -0.15) is 13.2 Å². The van der Waals surface area contributed by atoms with E-state index in [1.54, 1.807) is 17.0 Å². The highest BCUT2D eigenvalue weighted by atomic mass is 79.9. The molecule has 0 heterocycles. The van der Waals surface area contributed by atoms with Gasteiger partial charge in [-0.1, -0.05) is 35.8 Å². The molecule has 0 bridgehead atoms. The maximum Gasteiger partial charge on any atom is 0.418 e. The van der Waals surface area contributed by atoms with Gasteiger partial charge in [0, 0.05) is 24.1 Å². The summed E-state index contributed by atoms with van der Waals surface area (Å²) in [5.74, 6) is 0.317. The highest BCUT2D eigenvalue weighted by Crippen LogP contribution is 2.37. The van der Waals surface area contributed by atoms with Crippen LogP contribution in [-0.2, 0) is 11.5 Å². The van der Waals surface area contributed by atoms with E-state index in [-0.39, 0.29) is 5.69 Å². The van der Waals surface area contributed by atoms with Crippen LogP contribution < -0.4 is 4.90 Å². The summed E-state index contributed by atoms with van der Waals surface area (Å²) in [6.45, 7) is 7.06. The Balaban J connectivity index is 3.24. The number of anilines is 1. The average molecular weight is 338 g/mol. The molecular weight excluding hydrogens is 319 g/mol. The number of hydrogen-bond acceptors (Lipinski definition) is 1. The Morgan fingerprint density at radius 3 is 2.32 bits per heavy atom. The summed E-state index contributed by atoms with van der Waals surface area (Å²) in [6, 6.07) is 4.54. The molecule has 1 nitrogen and oxygen atoms in total. The third-order valence-corrected chi connectivity index (χ3v) is 3.48. The van der Waals surface area contributed by atoms with Crippen LogP contribution in [0.1, 0.15) is 31.9 Å². The Kier molecular flexibility index (Phi) is 5.71. The molecule has 0 aliphatic carbocycles. The fraction of sp³-hybridized carbons (Fsp3) is 0.571. The maximum atomic E-state index is 13.2. The van der Waals surface area contributed by atoms with Gasteiger partial charge in [0.25, 0.3) is 0 Å². The van der Waals surface area contributed by atoms with E-state index in [9.17, 15) is 13.2 Å². The Hall–Kier alpha value is -0.710. The first-order valence-electron chi connectivity index (χ1n) is 6.30. The van der Waals surface area contributed by atoms with Crippen molar-refractivity contribution in [2.75, 3.05) is 18.0 Å². The lowest BCUT2D eigenvalue weighted by atomic mass is 10.1. The van der Waals surface area contributed by atoms with Crippen LogP contribution in [0.25, 0.3) is 0 Å². The van der Waals surface area contributed by atoms with Crippen molar-refractivity contribution in [1.29, 1.82) is 0 Å². The molecule has 0 unspecified atom stereocenters. The minimum absolute atomic E-state index is 0.272. The van der Waals surface area contributed by atoms with Crippen LogP contribution >= 0.6 is 15.9 Å². The first-order chi connectivity index (χ1) is 8.79. The van der Waals surface area contributed by atoms with Crippen molar-refractivity contribution in [3.8, 4) is 0 Å². The van der Waals surface area contributed by atoms with Crippen molar-refractivity contribution in [2.24, 2.45) is 5.92 Å². The summed E-state index contributed by atoms with van der Waals surface area (Å²) in [5, 5.41) is 0.423. The Morgan fingerprint density at radius 1 is 1.26 bits per heavy atom. The second-order valence-corrected chi connectivity index (χ2v) is 5.48. The minimum Gasteiger partial charge on any atom is -0.371 e. The molecule has 0 N–H and O–H groups in total. The van der Waals surface area contributed by atoms with Crippen LogP contribution in [0.4, 0.5) is 18.9 Å². The van der Waals surface area contributed by atoms with Gasteiger partial charge in [0.15, 0.2) is 0 Å². The predicted octanol–water partition coefficient (Wildman–Crippen LogP) is 5.08. The average Bonchev–Trinajstić information content (AvgIpc) is 2.34. The topological polar surface area (TPSA) is 3.24 Å². The summed E-state index contributed by atoms with van der Waals surface area (Å²) < 4.78 is 39.5. The molecule has 1 aromatic carbocycles. The van der Waals surface area contributed by atoms with Gasteiger partial charge in [-0.3, -0.25) is 0 Å². The van der Waals surface area contributed by atoms with Crippen molar-refractivity contribution in [3.63, 3.8) is 0 Å². The molecular formula is C14H19BrF3N. The van der Waals surface area contributed by atoms with Crippen molar-refractivity contribution in [3.05, 3.63) is 29.3 Å². The highest BCUT2D eigenvalue weighted by molar-refractivity contribution is 9.08. The zero-order valence-corrected chi connectivity index (χ0v) is 13.0. The first kappa shape index (κ1) is 16.3. The molecule has 0 saturated carbocycles. The molecule has 19 heavy (non-hydrogen) atoms. The zero-order chi connectivity index (χ0) is 14.6. The fourth-order valence-electron chi connectivity index (χ4n) is 2.01. The molecule has 0 atom stereocenters. The van der Waals surface area contributed by atoms with Gasteiger partial charge in [-0.15, -0.1) is 0 Å². The van der Waals surface area contributed by atoms with Crippen LogP contribution in [0.15, 0.2) is 18.2 Å². The minimum atomic E-state index is -4.32. The van der Waals surface area contributed by atoms with Gasteiger partial charge in [0.05, 0.1) is 5.56 Å². The second kappa shape index (κ2) is 6.64. The lowest BCUT2D eigenvalue weighted by Crippen LogP contribution is -2.29. The number of benzene rings is 1. The molecule has 1 aromatic rings. The van der Waals surface area contributed by atoms with Gasteiger partial charge in [-0.25, -0.2) is 0 Å². The summed E-state index contributed by atoms with van der Waals surface area (Å²) in [7, 11) is 0. The number of nitrogens with zero attached hydrogens (tertiary/aromatic N) is 1. The van der Waals surface area contributed by atoms with E-state index >= 15 is 0 Å². The van der Waals surface area contributed by atoms with Gasteiger partial charge >= 0.3 is 6.18 Å². The summed E-state index contributed by atoms with van der Waals surface area (Å²) in [5.41, 5.74) is 0.358. The van der Waals surface area contributed by atoms with Gasteiger partial charge in [0.1, 0.15) is 0 Å². The fourth-order valence-corrected chi connectivity index (χ4v) is 2.36. The lowest BCUT2D eigenvalue weighted by Gasteiger charge is -2.28. The summed E-state index contributed by atoms with van der Waals surface area (Å²) >= 11 is 3.20. The number of hydrogen-bond donors (Lipinski definition) is 0. The Morgan fingerprint density at radius 2 is 1.89 bits per heavy atom. The van der Waals surface area contributed by atoms with Crippen molar-refractivity contribution in [2.45, 2.75) is 32.3 Å². The van der Waals surface area contributed by atoms with Gasteiger partial charge in [-0.05, 0) is 30.5 Å². The van der Waals surface area contributed by atoms with Crippen LogP contribution in [0.5, 0.6) is 0 Å². The molecule has 1 rings (SSSR count). The predicted molar refractivity (Wildman–Crippen MR) is 76.8 cm³/mol. The summed E-state index contributed by atoms with van der Waals surface area (Å²) in [6.07, 6.45) is -4.32. The molecule has 0 amide bonds. The smallest absolute Gasteiger partial charge is 0.371 e. The third kappa shape index (κ3) is 4.41. The number of halogens is 4. The van der Waals surface area contributed by atoms with Crippen molar-refractivity contribution < 1.29 is 13.2 Å². The Bertz CT molecular complexity index is 416. The van der Waals surface area contributed by atoms with E-state index in [2.05, 4.69) is 15.9 Å². The van der Waals surface area contributed by atoms with Crippen molar-refractivity contribution >= 4 is 21.6 Å². The monoisotopic (exact) mass is 337 g/mol. The molecule has 0 spiro atoms. The van der Waals surface area contributed by atoms with Crippen LogP contribution in [-0.4, -0.2) is 13.1 Å². The molecule has 0 saturated heterocycles.